The van der Waals surface area contributed by atoms with Crippen LogP contribution in [0.2, 0.25) is 0 Å². The van der Waals surface area contributed by atoms with Gasteiger partial charge in [-0.15, -0.1) is 0 Å². The number of hydrogen-bond donors (Lipinski definition) is 2. The summed E-state index contributed by atoms with van der Waals surface area (Å²) in [4.78, 5) is 10.4. The molecule has 2 unspecified atom stereocenters. The fourth-order valence-electron chi connectivity index (χ4n) is 0.761. The summed E-state index contributed by atoms with van der Waals surface area (Å²) in [6.07, 6.45) is -1.31. The van der Waals surface area contributed by atoms with E-state index >= 15 is 0 Å². The van der Waals surface area contributed by atoms with Gasteiger partial charge in [0.1, 0.15) is 0 Å². The zero-order chi connectivity index (χ0) is 9.72. The second kappa shape index (κ2) is 4.82. The number of carbonyl (C=O) groups is 1. The number of nitrogens with two attached hydrogens (primary N) is 1. The Bertz CT molecular complexity index is 190. The minimum absolute atomic E-state index is 0.0925. The van der Waals surface area contributed by atoms with E-state index in [9.17, 15) is 13.6 Å². The molecule has 0 aromatic rings. The smallest absolute Gasteiger partial charge is 0.306 e. The van der Waals surface area contributed by atoms with Gasteiger partial charge in [-0.25, -0.2) is 0 Å². The highest BCUT2D eigenvalue weighted by Gasteiger charge is 2.21. The van der Waals surface area contributed by atoms with Gasteiger partial charge in [-0.2, -0.15) is 8.78 Å². The number of rotatable bonds is 4. The van der Waals surface area contributed by atoms with Crippen molar-refractivity contribution < 1.29 is 18.7 Å². The van der Waals surface area contributed by atoms with Gasteiger partial charge >= 0.3 is 5.97 Å². The maximum Gasteiger partial charge on any atom is 0.306 e. The Kier molecular flexibility index (Phi) is 4.43. The van der Waals surface area contributed by atoms with Crippen LogP contribution in [0.4, 0.5) is 8.78 Å². The van der Waals surface area contributed by atoms with Crippen molar-refractivity contribution in [2.75, 3.05) is 6.54 Å². The summed E-state index contributed by atoms with van der Waals surface area (Å²) >= 11 is 0. The quantitative estimate of drug-likeness (QED) is 0.678. The highest BCUT2D eigenvalue weighted by molar-refractivity contribution is 5.70. The predicted molar refractivity (Wildman–Crippen MR) is 39.6 cm³/mol. The fraction of sp³-hybridized carbons (Fsp3) is 0.571. The van der Waals surface area contributed by atoms with E-state index in [0.29, 0.717) is 6.08 Å². The first kappa shape index (κ1) is 11.0. The first-order valence-electron chi connectivity index (χ1n) is 3.44. The van der Waals surface area contributed by atoms with E-state index in [4.69, 9.17) is 10.8 Å². The van der Waals surface area contributed by atoms with Crippen molar-refractivity contribution in [1.82, 2.24) is 0 Å². The average molecular weight is 179 g/mol. The number of hydrogen-bond acceptors (Lipinski definition) is 2. The molecule has 2 atom stereocenters. The molecule has 0 radical (unpaired) electrons. The highest BCUT2D eigenvalue weighted by Crippen LogP contribution is 2.15. The lowest BCUT2D eigenvalue weighted by Crippen LogP contribution is -2.25. The Balaban J connectivity index is 4.35. The van der Waals surface area contributed by atoms with Crippen LogP contribution < -0.4 is 5.73 Å². The minimum Gasteiger partial charge on any atom is -0.481 e. The van der Waals surface area contributed by atoms with E-state index in [1.54, 1.807) is 0 Å². The second-order valence-corrected chi connectivity index (χ2v) is 2.48. The van der Waals surface area contributed by atoms with Crippen LogP contribution in [0.1, 0.15) is 6.92 Å². The molecule has 3 N–H and O–H groups in total. The second-order valence-electron chi connectivity index (χ2n) is 2.48. The molecule has 0 aromatic heterocycles. The van der Waals surface area contributed by atoms with Crippen molar-refractivity contribution in [3.05, 3.63) is 12.2 Å². The van der Waals surface area contributed by atoms with E-state index in [1.807, 2.05) is 0 Å². The van der Waals surface area contributed by atoms with E-state index < -0.39 is 23.9 Å². The Morgan fingerprint density at radius 3 is 2.42 bits per heavy atom. The summed E-state index contributed by atoms with van der Waals surface area (Å²) in [5, 5.41) is 8.47. The molecule has 12 heavy (non-hydrogen) atoms. The standard InChI is InChI=1S/C7H11F2NO2/c1-4(7(11)12)5(3-10)2-6(8)9/h2,4-5H,3,10H2,1H3,(H,11,12). The fourth-order valence-corrected chi connectivity index (χ4v) is 0.761. The largest absolute Gasteiger partial charge is 0.481 e. The molecule has 0 bridgehead atoms. The summed E-state index contributed by atoms with van der Waals surface area (Å²) in [5.74, 6) is -2.80. The van der Waals surface area contributed by atoms with Crippen LogP contribution in [0.25, 0.3) is 0 Å². The maximum atomic E-state index is 11.7. The zero-order valence-electron chi connectivity index (χ0n) is 6.63. The van der Waals surface area contributed by atoms with Gasteiger partial charge in [-0.3, -0.25) is 4.79 Å². The zero-order valence-corrected chi connectivity index (χ0v) is 6.63. The molecule has 0 amide bonds. The van der Waals surface area contributed by atoms with Crippen molar-refractivity contribution in [2.45, 2.75) is 6.92 Å². The Labute approximate surface area is 68.9 Å². The van der Waals surface area contributed by atoms with Gasteiger partial charge < -0.3 is 10.8 Å². The van der Waals surface area contributed by atoms with E-state index in [0.717, 1.165) is 0 Å². The Morgan fingerprint density at radius 2 is 2.17 bits per heavy atom. The van der Waals surface area contributed by atoms with E-state index in [1.165, 1.54) is 6.92 Å². The van der Waals surface area contributed by atoms with Gasteiger partial charge in [0, 0.05) is 5.92 Å². The lowest BCUT2D eigenvalue weighted by Gasteiger charge is -2.13. The topological polar surface area (TPSA) is 63.3 Å². The molecule has 0 saturated heterocycles. The van der Waals surface area contributed by atoms with Gasteiger partial charge in [0.05, 0.1) is 5.92 Å². The third-order valence-electron chi connectivity index (χ3n) is 1.64. The normalized spacial score (nSPS) is 15.0. The molecule has 0 aliphatic heterocycles. The number of halogens is 2. The van der Waals surface area contributed by atoms with Gasteiger partial charge in [-0.1, -0.05) is 6.92 Å². The monoisotopic (exact) mass is 179 g/mol. The molecular weight excluding hydrogens is 168 g/mol. The maximum absolute atomic E-state index is 11.7. The van der Waals surface area contributed by atoms with Crippen molar-refractivity contribution >= 4 is 5.97 Å². The van der Waals surface area contributed by atoms with Crippen LogP contribution in [-0.4, -0.2) is 17.6 Å². The van der Waals surface area contributed by atoms with Gasteiger partial charge in [0.2, 0.25) is 0 Å². The van der Waals surface area contributed by atoms with Crippen molar-refractivity contribution in [1.29, 1.82) is 0 Å². The number of carboxylic acids is 1. The van der Waals surface area contributed by atoms with Crippen LogP contribution in [0.5, 0.6) is 0 Å². The lowest BCUT2D eigenvalue weighted by molar-refractivity contribution is -0.142. The summed E-state index contributed by atoms with van der Waals surface area (Å²) in [6.45, 7) is 1.25. The van der Waals surface area contributed by atoms with Gasteiger partial charge in [0.25, 0.3) is 6.08 Å². The molecule has 0 aliphatic rings. The van der Waals surface area contributed by atoms with Crippen molar-refractivity contribution in [3.8, 4) is 0 Å². The van der Waals surface area contributed by atoms with Gasteiger partial charge in [-0.05, 0) is 12.6 Å². The molecule has 0 saturated carbocycles. The number of carboxylic acid groups (broad SMARTS) is 1. The van der Waals surface area contributed by atoms with Gasteiger partial charge in [0.15, 0.2) is 0 Å². The molecule has 0 rings (SSSR count). The Morgan fingerprint density at radius 1 is 1.67 bits per heavy atom. The van der Waals surface area contributed by atoms with Crippen LogP contribution in [0, 0.1) is 11.8 Å². The van der Waals surface area contributed by atoms with E-state index in [2.05, 4.69) is 0 Å². The summed E-state index contributed by atoms with van der Waals surface area (Å²) in [6, 6.07) is 0. The summed E-state index contributed by atoms with van der Waals surface area (Å²) in [5.41, 5.74) is 5.12. The van der Waals surface area contributed by atoms with Crippen molar-refractivity contribution in [2.24, 2.45) is 17.6 Å². The molecule has 5 heteroatoms. The van der Waals surface area contributed by atoms with Crippen LogP contribution >= 0.6 is 0 Å². The van der Waals surface area contributed by atoms with E-state index in [-0.39, 0.29) is 6.54 Å². The van der Waals surface area contributed by atoms with Crippen LogP contribution in [0.15, 0.2) is 12.2 Å². The molecular formula is C7H11F2NO2. The first-order chi connectivity index (χ1) is 5.49. The molecule has 0 heterocycles. The summed E-state index contributed by atoms with van der Waals surface area (Å²) in [7, 11) is 0. The number of aliphatic carboxylic acids is 1. The predicted octanol–water partition coefficient (Wildman–Crippen LogP) is 1.06. The molecule has 70 valence electrons. The molecule has 0 fully saturated rings. The average Bonchev–Trinajstić information content (AvgIpc) is 1.98. The molecule has 0 aliphatic carbocycles. The van der Waals surface area contributed by atoms with Crippen LogP contribution in [-0.2, 0) is 4.79 Å². The molecule has 0 spiro atoms. The van der Waals surface area contributed by atoms with Crippen molar-refractivity contribution in [3.63, 3.8) is 0 Å². The third-order valence-corrected chi connectivity index (χ3v) is 1.64. The Hall–Kier alpha value is -0.970. The first-order valence-corrected chi connectivity index (χ1v) is 3.44. The summed E-state index contributed by atoms with van der Waals surface area (Å²) < 4.78 is 23.4. The van der Waals surface area contributed by atoms with Crippen LogP contribution in [0.3, 0.4) is 0 Å². The lowest BCUT2D eigenvalue weighted by atomic mass is 9.94. The minimum atomic E-state index is -1.89. The molecule has 0 aromatic carbocycles. The third kappa shape index (κ3) is 3.43. The highest BCUT2D eigenvalue weighted by atomic mass is 19.3. The molecule has 3 nitrogen and oxygen atoms in total. The SMILES string of the molecule is CC(C(=O)O)C(C=C(F)F)CN.